The number of fused-ring (bicyclic) bond motifs is 1. The van der Waals surface area contributed by atoms with Crippen molar-refractivity contribution in [1.29, 1.82) is 5.26 Å². The van der Waals surface area contributed by atoms with Crippen LogP contribution >= 0.6 is 18.5 Å². The Hall–Kier alpha value is -3.21. The van der Waals surface area contributed by atoms with Crippen LogP contribution in [0.2, 0.25) is 0 Å². The van der Waals surface area contributed by atoms with Crippen LogP contribution in [-0.4, -0.2) is 77.0 Å². The number of hydrogen-bond acceptors (Lipinski definition) is 8. The normalized spacial score (nSPS) is 14.6. The summed E-state index contributed by atoms with van der Waals surface area (Å²) in [5, 5.41) is 16.8. The number of piperidine rings is 1. The second-order valence-corrected chi connectivity index (χ2v) is 15.0. The van der Waals surface area contributed by atoms with Crippen molar-refractivity contribution in [3.05, 3.63) is 46.8 Å². The van der Waals surface area contributed by atoms with E-state index < -0.39 is 19.7 Å². The van der Waals surface area contributed by atoms with E-state index in [1.807, 2.05) is 12.1 Å². The number of benzene rings is 2. The number of likely N-dealkylation sites (tertiary alicyclic amines) is 1. The maximum absolute atomic E-state index is 13.7. The van der Waals surface area contributed by atoms with Gasteiger partial charge in [-0.3, -0.25) is 0 Å². The molecule has 0 spiro atoms. The SMILES string of the molecule is COCCN1CCC(Nc2cccc3c(CC(F)(F)F)c(C#CCNc4ccc(P(C)(C)=O)cc4OCC#N)sc23)CC1. The predicted molar refractivity (Wildman–Crippen MR) is 169 cm³/mol. The monoisotopic (exact) mass is 632 g/mol. The lowest BCUT2D eigenvalue weighted by molar-refractivity contribution is -0.126. The van der Waals surface area contributed by atoms with Gasteiger partial charge in [-0.15, -0.1) is 11.3 Å². The quantitative estimate of drug-likeness (QED) is 0.194. The second kappa shape index (κ2) is 14.5. The van der Waals surface area contributed by atoms with Crippen molar-refractivity contribution in [2.75, 3.05) is 70.5 Å². The van der Waals surface area contributed by atoms with Gasteiger partial charge in [-0.25, -0.2) is 0 Å². The van der Waals surface area contributed by atoms with Crippen LogP contribution in [0, 0.1) is 23.2 Å². The van der Waals surface area contributed by atoms with Gasteiger partial charge in [0.1, 0.15) is 19.0 Å². The smallest absolute Gasteiger partial charge is 0.393 e. The van der Waals surface area contributed by atoms with Crippen LogP contribution < -0.4 is 20.7 Å². The van der Waals surface area contributed by atoms with Gasteiger partial charge in [-0.2, -0.15) is 18.4 Å². The molecule has 3 aromatic rings. The molecule has 1 aliphatic heterocycles. The number of anilines is 2. The van der Waals surface area contributed by atoms with Crippen LogP contribution in [0.25, 0.3) is 10.1 Å². The molecule has 0 aliphatic carbocycles. The predicted octanol–water partition coefficient (Wildman–Crippen LogP) is 6.14. The van der Waals surface area contributed by atoms with Crippen molar-refractivity contribution in [3.63, 3.8) is 0 Å². The molecular formula is C31H36F3N4O3PS. The van der Waals surface area contributed by atoms with E-state index in [1.54, 1.807) is 50.8 Å². The van der Waals surface area contributed by atoms with Gasteiger partial charge in [0.15, 0.2) is 6.61 Å². The number of nitriles is 1. The standard InChI is InChI=1S/C31H36F3N4O3PS/c1-40-19-17-38-15-11-22(12-16-38)37-27-7-4-6-24-25(21-31(32,33)34)29(43-30(24)27)8-5-14-36-26-10-9-23(42(2,3)39)20-28(26)41-18-13-35/h4,6-7,9-10,20,22,36-37H,11-12,14-19,21H2,1-3H3. The van der Waals surface area contributed by atoms with Crippen molar-refractivity contribution in [1.82, 2.24) is 4.90 Å². The number of alkyl halides is 3. The molecule has 0 bridgehead atoms. The van der Waals surface area contributed by atoms with E-state index in [4.69, 9.17) is 14.7 Å². The average Bonchev–Trinajstić information content (AvgIpc) is 3.30. The molecule has 1 aromatic heterocycles. The number of nitrogens with one attached hydrogen (secondary N) is 2. The lowest BCUT2D eigenvalue weighted by atomic mass is 10.0. The fraction of sp³-hybridized carbons (Fsp3) is 0.452. The minimum absolute atomic E-state index is 0.130. The zero-order valence-electron chi connectivity index (χ0n) is 24.5. The average molecular weight is 633 g/mol. The van der Waals surface area contributed by atoms with E-state index in [1.165, 1.54) is 11.3 Å². The van der Waals surface area contributed by atoms with E-state index >= 15 is 0 Å². The van der Waals surface area contributed by atoms with Gasteiger partial charge in [0.25, 0.3) is 0 Å². The number of rotatable bonds is 11. The number of nitrogens with zero attached hydrogens (tertiary/aromatic N) is 2. The molecule has 0 saturated carbocycles. The Kier molecular flexibility index (Phi) is 11.0. The molecule has 0 radical (unpaired) electrons. The lowest BCUT2D eigenvalue weighted by Gasteiger charge is -2.32. The third-order valence-electron chi connectivity index (χ3n) is 7.20. The Balaban J connectivity index is 1.55. The summed E-state index contributed by atoms with van der Waals surface area (Å²) in [6.07, 6.45) is -3.57. The maximum atomic E-state index is 13.7. The Labute approximate surface area is 254 Å². The summed E-state index contributed by atoms with van der Waals surface area (Å²) in [6.45, 7) is 6.69. The lowest BCUT2D eigenvalue weighted by Crippen LogP contribution is -2.40. The summed E-state index contributed by atoms with van der Waals surface area (Å²) >= 11 is 1.27. The molecule has 7 nitrogen and oxygen atoms in total. The molecule has 2 aromatic carbocycles. The Morgan fingerprint density at radius 3 is 2.60 bits per heavy atom. The van der Waals surface area contributed by atoms with Gasteiger partial charge in [0.2, 0.25) is 0 Å². The van der Waals surface area contributed by atoms with Crippen LogP contribution in [0.5, 0.6) is 5.75 Å². The van der Waals surface area contributed by atoms with Gasteiger partial charge in [0, 0.05) is 38.1 Å². The summed E-state index contributed by atoms with van der Waals surface area (Å²) in [6, 6.07) is 12.7. The molecule has 4 rings (SSSR count). The zero-order chi connectivity index (χ0) is 31.0. The topological polar surface area (TPSA) is 86.6 Å². The van der Waals surface area contributed by atoms with Crippen molar-refractivity contribution in [2.45, 2.75) is 31.5 Å². The molecule has 0 unspecified atom stereocenters. The zero-order valence-corrected chi connectivity index (χ0v) is 26.2. The van der Waals surface area contributed by atoms with E-state index in [9.17, 15) is 17.7 Å². The highest BCUT2D eigenvalue weighted by Crippen LogP contribution is 2.40. The van der Waals surface area contributed by atoms with Crippen molar-refractivity contribution >= 4 is 45.2 Å². The van der Waals surface area contributed by atoms with Crippen LogP contribution in [0.3, 0.4) is 0 Å². The number of hydrogen-bond donors (Lipinski definition) is 2. The summed E-state index contributed by atoms with van der Waals surface area (Å²) < 4.78 is 64.9. The van der Waals surface area contributed by atoms with E-state index in [0.29, 0.717) is 33.6 Å². The Morgan fingerprint density at radius 1 is 1.16 bits per heavy atom. The summed E-state index contributed by atoms with van der Waals surface area (Å²) in [5.41, 5.74) is 1.56. The van der Waals surface area contributed by atoms with E-state index in [-0.39, 0.29) is 24.8 Å². The summed E-state index contributed by atoms with van der Waals surface area (Å²) in [5.74, 6) is 6.30. The van der Waals surface area contributed by atoms with Crippen LogP contribution in [0.15, 0.2) is 36.4 Å². The van der Waals surface area contributed by atoms with Gasteiger partial charge >= 0.3 is 6.18 Å². The third-order valence-corrected chi connectivity index (χ3v) is 9.92. The molecule has 230 valence electrons. The molecule has 43 heavy (non-hydrogen) atoms. The Morgan fingerprint density at radius 2 is 1.93 bits per heavy atom. The first-order chi connectivity index (χ1) is 20.5. The molecule has 1 fully saturated rings. The summed E-state index contributed by atoms with van der Waals surface area (Å²) in [4.78, 5) is 2.74. The summed E-state index contributed by atoms with van der Waals surface area (Å²) in [7, 11) is -0.857. The minimum Gasteiger partial charge on any atom is -0.477 e. The van der Waals surface area contributed by atoms with Crippen molar-refractivity contribution in [2.24, 2.45) is 0 Å². The molecule has 12 heteroatoms. The van der Waals surface area contributed by atoms with Gasteiger partial charge in [0.05, 0.1) is 40.5 Å². The molecular weight excluding hydrogens is 596 g/mol. The highest BCUT2D eigenvalue weighted by Gasteiger charge is 2.31. The van der Waals surface area contributed by atoms with E-state index in [0.717, 1.165) is 42.9 Å². The molecule has 2 N–H and O–H groups in total. The van der Waals surface area contributed by atoms with Gasteiger partial charge in [-0.1, -0.05) is 24.0 Å². The third kappa shape index (κ3) is 9.14. The minimum atomic E-state index is -4.38. The van der Waals surface area contributed by atoms with Crippen LogP contribution in [0.4, 0.5) is 24.5 Å². The fourth-order valence-electron chi connectivity index (χ4n) is 4.99. The number of ether oxygens (including phenoxy) is 2. The Bertz CT molecular complexity index is 1560. The van der Waals surface area contributed by atoms with Crippen molar-refractivity contribution < 1.29 is 27.2 Å². The van der Waals surface area contributed by atoms with E-state index in [2.05, 4.69) is 27.4 Å². The molecule has 1 aliphatic rings. The fourth-order valence-corrected chi connectivity index (χ4v) is 7.02. The first-order valence-electron chi connectivity index (χ1n) is 14.0. The largest absolute Gasteiger partial charge is 0.477 e. The number of halogens is 3. The van der Waals surface area contributed by atoms with Gasteiger partial charge in [-0.05, 0) is 61.4 Å². The highest BCUT2D eigenvalue weighted by molar-refractivity contribution is 7.70. The maximum Gasteiger partial charge on any atom is 0.393 e. The second-order valence-electron chi connectivity index (χ2n) is 10.8. The molecule has 2 heterocycles. The first-order valence-corrected chi connectivity index (χ1v) is 17.4. The molecule has 0 atom stereocenters. The molecule has 0 amide bonds. The number of methoxy groups -OCH3 is 1. The van der Waals surface area contributed by atoms with Gasteiger partial charge < -0.3 is 29.6 Å². The number of thiophene rings is 1. The van der Waals surface area contributed by atoms with Crippen molar-refractivity contribution in [3.8, 4) is 23.7 Å². The van der Waals surface area contributed by atoms with Crippen LogP contribution in [0.1, 0.15) is 23.3 Å². The highest BCUT2D eigenvalue weighted by atomic mass is 32.1. The first kappa shape index (κ1) is 32.7. The van der Waals surface area contributed by atoms with Crippen LogP contribution in [-0.2, 0) is 15.7 Å². The molecule has 1 saturated heterocycles.